The van der Waals surface area contributed by atoms with E-state index in [-0.39, 0.29) is 5.92 Å². The van der Waals surface area contributed by atoms with Gasteiger partial charge in [0.1, 0.15) is 0 Å². The highest BCUT2D eigenvalue weighted by atomic mass is 79.9. The molecule has 0 aromatic heterocycles. The van der Waals surface area contributed by atoms with Crippen LogP contribution in [0.1, 0.15) is 28.2 Å². The molecule has 3 aliphatic carbocycles. The first-order valence-corrected chi connectivity index (χ1v) is 9.18. The number of rotatable bonds is 2. The number of alkyl halides is 1. The molecule has 0 unspecified atom stereocenters. The molecular formula is C20H13BrNO4-. The number of carbonyl (C=O) groups is 3. The van der Waals surface area contributed by atoms with Gasteiger partial charge in [0.2, 0.25) is 11.8 Å². The average molecular weight is 411 g/mol. The molecule has 1 aliphatic heterocycles. The standard InChI is InChI=1S/C20H14BrNO4/c21-20-12-7-3-1-5-10(12)15(11-6-2-4-8-13(11)20)16-17(20)19(26)22(18(16)25)9-14(23)24/h1-8,15-17H,9H2,(H,23,24)/p-1/t15?,16-,17+,20?/m1/s1. The number of hydrogen-bond donors (Lipinski definition) is 0. The maximum absolute atomic E-state index is 13.1. The molecular weight excluding hydrogens is 398 g/mol. The minimum absolute atomic E-state index is 0.255. The van der Waals surface area contributed by atoms with Gasteiger partial charge >= 0.3 is 0 Å². The molecule has 0 N–H and O–H groups in total. The Morgan fingerprint density at radius 3 is 2.08 bits per heavy atom. The lowest BCUT2D eigenvalue weighted by Crippen LogP contribution is -2.50. The van der Waals surface area contributed by atoms with E-state index in [1.807, 2.05) is 48.5 Å². The Morgan fingerprint density at radius 2 is 1.54 bits per heavy atom. The van der Waals surface area contributed by atoms with Crippen molar-refractivity contribution in [2.24, 2.45) is 11.8 Å². The molecule has 2 amide bonds. The molecule has 6 heteroatoms. The fourth-order valence-electron chi connectivity index (χ4n) is 5.02. The van der Waals surface area contributed by atoms with Crippen molar-refractivity contribution >= 4 is 33.7 Å². The van der Waals surface area contributed by atoms with Crippen molar-refractivity contribution in [3.63, 3.8) is 0 Å². The zero-order chi connectivity index (χ0) is 18.2. The van der Waals surface area contributed by atoms with Crippen LogP contribution in [0.5, 0.6) is 0 Å². The molecule has 4 aliphatic rings. The number of carbonyl (C=O) groups excluding carboxylic acids is 3. The summed E-state index contributed by atoms with van der Waals surface area (Å²) in [4.78, 5) is 38.0. The second-order valence-corrected chi connectivity index (χ2v) is 8.25. The van der Waals surface area contributed by atoms with Gasteiger partial charge in [0.05, 0.1) is 28.7 Å². The van der Waals surface area contributed by atoms with Gasteiger partial charge in [-0.05, 0) is 22.3 Å². The molecule has 2 aromatic carbocycles. The average Bonchev–Trinajstić information content (AvgIpc) is 2.88. The Hall–Kier alpha value is -2.47. The first kappa shape index (κ1) is 15.8. The maximum atomic E-state index is 13.1. The number of nitrogens with zero attached hydrogens (tertiary/aromatic N) is 1. The predicted octanol–water partition coefficient (Wildman–Crippen LogP) is 1.14. The number of hydrogen-bond acceptors (Lipinski definition) is 4. The van der Waals surface area contributed by atoms with Gasteiger partial charge in [0.25, 0.3) is 0 Å². The van der Waals surface area contributed by atoms with E-state index in [1.54, 1.807) is 0 Å². The third-order valence-corrected chi connectivity index (χ3v) is 7.24. The summed E-state index contributed by atoms with van der Waals surface area (Å²) in [6.45, 7) is -0.701. The molecule has 0 saturated carbocycles. The van der Waals surface area contributed by atoms with E-state index in [4.69, 9.17) is 0 Å². The first-order chi connectivity index (χ1) is 12.5. The van der Waals surface area contributed by atoms with E-state index in [2.05, 4.69) is 15.9 Å². The summed E-state index contributed by atoms with van der Waals surface area (Å²) in [6.07, 6.45) is 0. The van der Waals surface area contributed by atoms with Crippen LogP contribution in [0.25, 0.3) is 0 Å². The summed E-state index contributed by atoms with van der Waals surface area (Å²) in [5.41, 5.74) is 3.98. The number of aliphatic carboxylic acids is 1. The second kappa shape index (κ2) is 5.04. The summed E-state index contributed by atoms with van der Waals surface area (Å²) in [5.74, 6) is -3.83. The summed E-state index contributed by atoms with van der Waals surface area (Å²) in [5, 5.41) is 11.1. The Labute approximate surface area is 157 Å². The number of benzene rings is 2. The first-order valence-electron chi connectivity index (χ1n) is 8.39. The zero-order valence-electron chi connectivity index (χ0n) is 13.5. The summed E-state index contributed by atoms with van der Waals surface area (Å²) >= 11 is 3.84. The van der Waals surface area contributed by atoms with Crippen LogP contribution in [0.3, 0.4) is 0 Å². The lowest BCUT2D eigenvalue weighted by molar-refractivity contribution is -0.305. The van der Waals surface area contributed by atoms with Gasteiger partial charge in [-0.1, -0.05) is 64.5 Å². The van der Waals surface area contributed by atoms with Gasteiger partial charge in [0.15, 0.2) is 0 Å². The van der Waals surface area contributed by atoms with Crippen molar-refractivity contribution in [1.29, 1.82) is 0 Å². The molecule has 5 nitrogen and oxygen atoms in total. The van der Waals surface area contributed by atoms with Crippen molar-refractivity contribution in [2.45, 2.75) is 10.2 Å². The number of carboxylic acid groups (broad SMARTS) is 1. The lowest BCUT2D eigenvalue weighted by atomic mass is 9.55. The van der Waals surface area contributed by atoms with Gasteiger partial charge in [-0.3, -0.25) is 14.5 Å². The Bertz CT molecular complexity index is 953. The number of likely N-dealkylation sites (tertiary alicyclic amines) is 1. The number of halogens is 1. The summed E-state index contributed by atoms with van der Waals surface area (Å²) in [7, 11) is 0. The van der Waals surface area contributed by atoms with Crippen LogP contribution < -0.4 is 5.11 Å². The van der Waals surface area contributed by atoms with Gasteiger partial charge in [-0.25, -0.2) is 0 Å². The molecule has 130 valence electrons. The molecule has 1 heterocycles. The van der Waals surface area contributed by atoms with E-state index in [9.17, 15) is 19.5 Å². The Morgan fingerprint density at radius 1 is 1.00 bits per heavy atom. The van der Waals surface area contributed by atoms with E-state index in [0.29, 0.717) is 0 Å². The monoisotopic (exact) mass is 410 g/mol. The van der Waals surface area contributed by atoms with Crippen LogP contribution in [0.15, 0.2) is 48.5 Å². The van der Waals surface area contributed by atoms with Crippen molar-refractivity contribution in [3.05, 3.63) is 70.8 Å². The topological polar surface area (TPSA) is 77.5 Å². The fourth-order valence-corrected chi connectivity index (χ4v) is 6.23. The molecule has 2 bridgehead atoms. The second-order valence-electron chi connectivity index (χ2n) is 7.00. The van der Waals surface area contributed by atoms with Crippen molar-refractivity contribution < 1.29 is 19.5 Å². The molecule has 0 radical (unpaired) electrons. The number of amides is 2. The number of carboxylic acids is 1. The van der Waals surface area contributed by atoms with Gasteiger partial charge in [-0.15, -0.1) is 0 Å². The smallest absolute Gasteiger partial charge is 0.235 e. The van der Waals surface area contributed by atoms with Crippen LogP contribution in [-0.2, 0) is 18.7 Å². The van der Waals surface area contributed by atoms with E-state index >= 15 is 0 Å². The van der Waals surface area contributed by atoms with Crippen molar-refractivity contribution in [2.75, 3.05) is 6.54 Å². The molecule has 1 saturated heterocycles. The van der Waals surface area contributed by atoms with E-state index in [1.165, 1.54) is 0 Å². The normalized spacial score (nSPS) is 30.8. The third-order valence-electron chi connectivity index (χ3n) is 5.89. The SMILES string of the molecule is O=C([O-])CN1C(=O)[C@@H]2C3c4ccccc4C(Br)(c4ccccc43)[C@@H]2C1=O. The highest BCUT2D eigenvalue weighted by Crippen LogP contribution is 2.66. The minimum Gasteiger partial charge on any atom is -0.548 e. The van der Waals surface area contributed by atoms with Crippen molar-refractivity contribution in [1.82, 2.24) is 4.90 Å². The quantitative estimate of drug-likeness (QED) is 0.549. The van der Waals surface area contributed by atoms with Crippen LogP contribution >= 0.6 is 15.9 Å². The predicted molar refractivity (Wildman–Crippen MR) is 93.1 cm³/mol. The fraction of sp³-hybridized carbons (Fsp3) is 0.250. The Balaban J connectivity index is 1.80. The van der Waals surface area contributed by atoms with Gasteiger partial charge in [-0.2, -0.15) is 0 Å². The zero-order valence-corrected chi connectivity index (χ0v) is 15.1. The van der Waals surface area contributed by atoms with Crippen LogP contribution in [0, 0.1) is 11.8 Å². The lowest BCUT2D eigenvalue weighted by Gasteiger charge is -2.51. The molecule has 2 atom stereocenters. The molecule has 1 fully saturated rings. The number of imide groups is 1. The highest BCUT2D eigenvalue weighted by molar-refractivity contribution is 9.09. The largest absolute Gasteiger partial charge is 0.548 e. The van der Waals surface area contributed by atoms with Crippen LogP contribution in [0.2, 0.25) is 0 Å². The molecule has 0 spiro atoms. The summed E-state index contributed by atoms with van der Waals surface area (Å²) < 4.78 is -0.840. The molecule has 2 aromatic rings. The summed E-state index contributed by atoms with van der Waals surface area (Å²) in [6, 6.07) is 15.6. The van der Waals surface area contributed by atoms with Gasteiger partial charge in [0, 0.05) is 5.92 Å². The van der Waals surface area contributed by atoms with Crippen LogP contribution in [0.4, 0.5) is 0 Å². The molecule has 6 rings (SSSR count). The van der Waals surface area contributed by atoms with Crippen molar-refractivity contribution in [3.8, 4) is 0 Å². The van der Waals surface area contributed by atoms with Gasteiger partial charge < -0.3 is 9.90 Å². The minimum atomic E-state index is -1.43. The maximum Gasteiger partial charge on any atom is 0.235 e. The highest BCUT2D eigenvalue weighted by Gasteiger charge is 2.67. The third kappa shape index (κ3) is 1.68. The molecule has 26 heavy (non-hydrogen) atoms. The van der Waals surface area contributed by atoms with E-state index in [0.717, 1.165) is 27.2 Å². The van der Waals surface area contributed by atoms with Crippen LogP contribution in [-0.4, -0.2) is 29.2 Å². The van der Waals surface area contributed by atoms with E-state index < -0.39 is 40.5 Å². The Kier molecular flexibility index (Phi) is 3.05.